The molecule has 1 aromatic carbocycles. The highest BCUT2D eigenvalue weighted by Gasteiger charge is 2.29. The SMILES string of the molecule is O=C(CCC1CC1)C1CCc2ccccc21. The minimum Gasteiger partial charge on any atom is -0.299 e. The Balaban J connectivity index is 1.68. The predicted molar refractivity (Wildman–Crippen MR) is 64.5 cm³/mol. The van der Waals surface area contributed by atoms with Gasteiger partial charge in [-0.2, -0.15) is 0 Å². The van der Waals surface area contributed by atoms with E-state index in [2.05, 4.69) is 24.3 Å². The fraction of sp³-hybridized carbons (Fsp3) is 0.533. The van der Waals surface area contributed by atoms with Crippen LogP contribution < -0.4 is 0 Å². The molecule has 1 saturated carbocycles. The number of carbonyl (C=O) groups excluding carboxylic acids is 1. The quantitative estimate of drug-likeness (QED) is 0.750. The summed E-state index contributed by atoms with van der Waals surface area (Å²) in [5.41, 5.74) is 2.70. The van der Waals surface area contributed by atoms with Crippen molar-refractivity contribution in [2.45, 2.75) is 44.4 Å². The molecular formula is C15H18O. The highest BCUT2D eigenvalue weighted by Crippen LogP contribution is 2.37. The predicted octanol–water partition coefficient (Wildman–Crippen LogP) is 3.48. The molecule has 1 fully saturated rings. The molecule has 2 aliphatic rings. The largest absolute Gasteiger partial charge is 0.299 e. The third-order valence-corrected chi connectivity index (χ3v) is 4.02. The number of fused-ring (bicyclic) bond motifs is 1. The van der Waals surface area contributed by atoms with Crippen LogP contribution in [0.15, 0.2) is 24.3 Å². The van der Waals surface area contributed by atoms with Crippen molar-refractivity contribution >= 4 is 5.78 Å². The molecule has 0 bridgehead atoms. The molecule has 84 valence electrons. The van der Waals surface area contributed by atoms with E-state index in [0.29, 0.717) is 5.78 Å². The van der Waals surface area contributed by atoms with E-state index < -0.39 is 0 Å². The first-order chi connectivity index (χ1) is 7.84. The number of benzene rings is 1. The zero-order valence-electron chi connectivity index (χ0n) is 9.61. The van der Waals surface area contributed by atoms with Gasteiger partial charge in [0.05, 0.1) is 0 Å². The molecule has 1 atom stereocenters. The Morgan fingerprint density at radius 2 is 2.00 bits per heavy atom. The maximum Gasteiger partial charge on any atom is 0.140 e. The van der Waals surface area contributed by atoms with Crippen molar-refractivity contribution < 1.29 is 4.79 Å². The second-order valence-electron chi connectivity index (χ2n) is 5.24. The Kier molecular flexibility index (Phi) is 2.55. The first kappa shape index (κ1) is 10.1. The van der Waals surface area contributed by atoms with Gasteiger partial charge in [0.15, 0.2) is 0 Å². The number of hydrogen-bond acceptors (Lipinski definition) is 1. The topological polar surface area (TPSA) is 17.1 Å². The van der Waals surface area contributed by atoms with E-state index in [1.807, 2.05) is 0 Å². The van der Waals surface area contributed by atoms with Crippen molar-refractivity contribution in [2.24, 2.45) is 5.92 Å². The van der Waals surface area contributed by atoms with Crippen molar-refractivity contribution in [3.63, 3.8) is 0 Å². The molecule has 1 heteroatoms. The second-order valence-corrected chi connectivity index (χ2v) is 5.24. The summed E-state index contributed by atoms with van der Waals surface area (Å²) in [6.07, 6.45) is 6.79. The molecule has 3 rings (SSSR count). The lowest BCUT2D eigenvalue weighted by Crippen LogP contribution is -2.09. The smallest absolute Gasteiger partial charge is 0.140 e. The van der Waals surface area contributed by atoms with Gasteiger partial charge in [-0.15, -0.1) is 0 Å². The number of ketones is 1. The van der Waals surface area contributed by atoms with Crippen molar-refractivity contribution in [1.82, 2.24) is 0 Å². The Bertz CT molecular complexity index is 404. The zero-order valence-corrected chi connectivity index (χ0v) is 9.61. The van der Waals surface area contributed by atoms with Crippen LogP contribution in [0, 0.1) is 5.92 Å². The van der Waals surface area contributed by atoms with E-state index >= 15 is 0 Å². The molecule has 1 unspecified atom stereocenters. The molecule has 0 heterocycles. The molecule has 0 aromatic heterocycles. The van der Waals surface area contributed by atoms with Gasteiger partial charge in [-0.3, -0.25) is 4.79 Å². The fourth-order valence-corrected chi connectivity index (χ4v) is 2.82. The van der Waals surface area contributed by atoms with Crippen LogP contribution in [0.1, 0.15) is 49.1 Å². The molecule has 0 amide bonds. The van der Waals surface area contributed by atoms with E-state index in [4.69, 9.17) is 0 Å². The second kappa shape index (κ2) is 4.04. The van der Waals surface area contributed by atoms with E-state index in [-0.39, 0.29) is 5.92 Å². The minimum atomic E-state index is 0.218. The third kappa shape index (κ3) is 1.91. The normalized spacial score (nSPS) is 23.1. The summed E-state index contributed by atoms with van der Waals surface area (Å²) >= 11 is 0. The lowest BCUT2D eigenvalue weighted by Gasteiger charge is -2.09. The lowest BCUT2D eigenvalue weighted by atomic mass is 9.93. The van der Waals surface area contributed by atoms with Crippen LogP contribution in [0.3, 0.4) is 0 Å². The summed E-state index contributed by atoms with van der Waals surface area (Å²) in [5, 5.41) is 0. The molecule has 0 aliphatic heterocycles. The number of Topliss-reactive ketones (excluding diaryl/α,β-unsaturated/α-hetero) is 1. The van der Waals surface area contributed by atoms with E-state index in [9.17, 15) is 4.79 Å². The number of carbonyl (C=O) groups is 1. The monoisotopic (exact) mass is 214 g/mol. The number of aryl methyl sites for hydroxylation is 1. The number of rotatable bonds is 4. The van der Waals surface area contributed by atoms with Crippen molar-refractivity contribution in [2.75, 3.05) is 0 Å². The van der Waals surface area contributed by atoms with Crippen LogP contribution in [0.4, 0.5) is 0 Å². The summed E-state index contributed by atoms with van der Waals surface area (Å²) in [6, 6.07) is 8.45. The van der Waals surface area contributed by atoms with Crippen molar-refractivity contribution in [3.05, 3.63) is 35.4 Å². The van der Waals surface area contributed by atoms with Crippen LogP contribution in [0.5, 0.6) is 0 Å². The van der Waals surface area contributed by atoms with Gasteiger partial charge in [-0.1, -0.05) is 37.1 Å². The summed E-state index contributed by atoms with van der Waals surface area (Å²) in [7, 11) is 0. The van der Waals surface area contributed by atoms with Gasteiger partial charge in [0.25, 0.3) is 0 Å². The van der Waals surface area contributed by atoms with E-state index in [1.165, 1.54) is 24.0 Å². The van der Waals surface area contributed by atoms with Gasteiger partial charge in [0, 0.05) is 12.3 Å². The highest BCUT2D eigenvalue weighted by molar-refractivity contribution is 5.86. The minimum absolute atomic E-state index is 0.218. The van der Waals surface area contributed by atoms with Crippen LogP contribution in [-0.2, 0) is 11.2 Å². The summed E-state index contributed by atoms with van der Waals surface area (Å²) in [4.78, 5) is 12.1. The molecule has 1 nitrogen and oxygen atoms in total. The van der Waals surface area contributed by atoms with Crippen molar-refractivity contribution in [1.29, 1.82) is 0 Å². The summed E-state index contributed by atoms with van der Waals surface area (Å²) in [5.74, 6) is 1.58. The average molecular weight is 214 g/mol. The first-order valence-corrected chi connectivity index (χ1v) is 6.45. The Hall–Kier alpha value is -1.11. The van der Waals surface area contributed by atoms with Gasteiger partial charge in [-0.05, 0) is 36.3 Å². The standard InChI is InChI=1S/C15H18O/c16-15(10-7-11-5-6-11)14-9-8-12-3-1-2-4-13(12)14/h1-4,11,14H,5-10H2. The van der Waals surface area contributed by atoms with Gasteiger partial charge < -0.3 is 0 Å². The van der Waals surface area contributed by atoms with Crippen LogP contribution in [0.2, 0.25) is 0 Å². The molecule has 0 spiro atoms. The van der Waals surface area contributed by atoms with E-state index in [1.54, 1.807) is 0 Å². The van der Waals surface area contributed by atoms with Crippen LogP contribution >= 0.6 is 0 Å². The van der Waals surface area contributed by atoms with E-state index in [0.717, 1.165) is 31.6 Å². The molecular weight excluding hydrogens is 196 g/mol. The van der Waals surface area contributed by atoms with Crippen LogP contribution in [-0.4, -0.2) is 5.78 Å². The highest BCUT2D eigenvalue weighted by atomic mass is 16.1. The average Bonchev–Trinajstić information content (AvgIpc) is 3.04. The van der Waals surface area contributed by atoms with Crippen molar-refractivity contribution in [3.8, 4) is 0 Å². The molecule has 0 radical (unpaired) electrons. The maximum atomic E-state index is 12.1. The van der Waals surface area contributed by atoms with Crippen LogP contribution in [0.25, 0.3) is 0 Å². The van der Waals surface area contributed by atoms with Gasteiger partial charge in [0.2, 0.25) is 0 Å². The third-order valence-electron chi connectivity index (χ3n) is 4.02. The molecule has 16 heavy (non-hydrogen) atoms. The maximum absolute atomic E-state index is 12.1. The molecule has 2 aliphatic carbocycles. The van der Waals surface area contributed by atoms with Gasteiger partial charge in [0.1, 0.15) is 5.78 Å². The molecule has 0 saturated heterocycles. The first-order valence-electron chi connectivity index (χ1n) is 6.45. The molecule has 0 N–H and O–H groups in total. The Morgan fingerprint density at radius 3 is 2.81 bits per heavy atom. The van der Waals surface area contributed by atoms with Gasteiger partial charge >= 0.3 is 0 Å². The molecule has 1 aromatic rings. The number of hydrogen-bond donors (Lipinski definition) is 0. The zero-order chi connectivity index (χ0) is 11.0. The fourth-order valence-electron chi connectivity index (χ4n) is 2.82. The summed E-state index contributed by atoms with van der Waals surface area (Å²) in [6.45, 7) is 0. The Morgan fingerprint density at radius 1 is 1.19 bits per heavy atom. The Labute approximate surface area is 96.9 Å². The van der Waals surface area contributed by atoms with Gasteiger partial charge in [-0.25, -0.2) is 0 Å². The lowest BCUT2D eigenvalue weighted by molar-refractivity contribution is -0.120. The summed E-state index contributed by atoms with van der Waals surface area (Å²) < 4.78 is 0.